The van der Waals surface area contributed by atoms with E-state index in [9.17, 15) is 4.79 Å². The molecule has 0 aliphatic carbocycles. The van der Waals surface area contributed by atoms with Crippen LogP contribution in [0.5, 0.6) is 0 Å². The second-order valence-electron chi connectivity index (χ2n) is 5.82. The fraction of sp³-hybridized carbons (Fsp3) is 0.222. The van der Waals surface area contributed by atoms with Gasteiger partial charge in [-0.25, -0.2) is 4.98 Å². The molecule has 6 nitrogen and oxygen atoms in total. The van der Waals surface area contributed by atoms with E-state index in [1.54, 1.807) is 16.4 Å². The van der Waals surface area contributed by atoms with Crippen molar-refractivity contribution in [3.05, 3.63) is 47.7 Å². The van der Waals surface area contributed by atoms with E-state index in [0.29, 0.717) is 16.4 Å². The maximum absolute atomic E-state index is 12.9. The van der Waals surface area contributed by atoms with Gasteiger partial charge >= 0.3 is 0 Å². The molecule has 7 heteroatoms. The van der Waals surface area contributed by atoms with Gasteiger partial charge in [0.2, 0.25) is 0 Å². The molecule has 0 unspecified atom stereocenters. The molecular weight excluding hydrogens is 334 g/mol. The van der Waals surface area contributed by atoms with Crippen LogP contribution in [-0.2, 0) is 7.05 Å². The molecule has 0 fully saturated rings. The quantitative estimate of drug-likeness (QED) is 0.771. The lowest BCUT2D eigenvalue weighted by Gasteiger charge is -2.09. The summed E-state index contributed by atoms with van der Waals surface area (Å²) in [6, 6.07) is 11.7. The lowest BCUT2D eigenvalue weighted by Crippen LogP contribution is -2.27. The molecule has 1 N–H and O–H groups in total. The van der Waals surface area contributed by atoms with E-state index in [0.717, 1.165) is 34.6 Å². The Hall–Kier alpha value is -2.67. The van der Waals surface area contributed by atoms with E-state index in [1.165, 1.54) is 0 Å². The van der Waals surface area contributed by atoms with Gasteiger partial charge < -0.3 is 5.32 Å². The van der Waals surface area contributed by atoms with Crippen LogP contribution in [0.2, 0.25) is 0 Å². The normalized spacial score (nSPS) is 13.9. The van der Waals surface area contributed by atoms with Crippen molar-refractivity contribution in [3.8, 4) is 11.3 Å². The highest BCUT2D eigenvalue weighted by atomic mass is 32.2. The Bertz CT molecular complexity index is 994. The average Bonchev–Trinajstić information content (AvgIpc) is 3.23. The first-order chi connectivity index (χ1) is 12.1. The maximum Gasteiger partial charge on any atom is 0.258 e. The number of nitrogens with zero attached hydrogens (tertiary/aromatic N) is 4. The van der Waals surface area contributed by atoms with Crippen molar-refractivity contribution < 1.29 is 4.79 Å². The molecule has 0 saturated carbocycles. The number of carbonyl (C=O) groups is 1. The number of benzene rings is 1. The average molecular weight is 351 g/mol. The molecule has 0 radical (unpaired) electrons. The van der Waals surface area contributed by atoms with Gasteiger partial charge in [0.25, 0.3) is 5.91 Å². The number of pyridine rings is 1. The summed E-state index contributed by atoms with van der Waals surface area (Å²) in [4.78, 5) is 21.9. The number of amidine groups is 1. The summed E-state index contributed by atoms with van der Waals surface area (Å²) in [5, 5.41) is 8.81. The minimum Gasteiger partial charge on any atom is -0.301 e. The zero-order valence-corrected chi connectivity index (χ0v) is 14.8. The molecule has 25 heavy (non-hydrogen) atoms. The molecule has 1 aliphatic rings. The Labute approximate surface area is 149 Å². The third kappa shape index (κ3) is 2.91. The highest BCUT2D eigenvalue weighted by Gasteiger charge is 2.21. The van der Waals surface area contributed by atoms with Gasteiger partial charge in [0, 0.05) is 18.4 Å². The zero-order chi connectivity index (χ0) is 17.4. The van der Waals surface area contributed by atoms with E-state index < -0.39 is 0 Å². The number of nitrogens with one attached hydrogen (secondary N) is 1. The monoisotopic (exact) mass is 351 g/mol. The summed E-state index contributed by atoms with van der Waals surface area (Å²) in [6.07, 6.45) is 0. The summed E-state index contributed by atoms with van der Waals surface area (Å²) in [5.41, 5.74) is 3.78. The molecule has 3 heterocycles. The van der Waals surface area contributed by atoms with E-state index in [-0.39, 0.29) is 5.91 Å². The number of hydrogen-bond donors (Lipinski definition) is 1. The molecule has 0 saturated heterocycles. The summed E-state index contributed by atoms with van der Waals surface area (Å²) < 4.78 is 1.72. The van der Waals surface area contributed by atoms with Crippen LogP contribution in [0.4, 0.5) is 0 Å². The number of fused-ring (bicyclic) bond motifs is 1. The number of aromatic nitrogens is 3. The first-order valence-corrected chi connectivity index (χ1v) is 9.00. The molecule has 0 spiro atoms. The number of amides is 1. The lowest BCUT2D eigenvalue weighted by atomic mass is 10.1. The van der Waals surface area contributed by atoms with Crippen molar-refractivity contribution >= 4 is 33.9 Å². The first-order valence-electron chi connectivity index (χ1n) is 8.02. The van der Waals surface area contributed by atoms with E-state index in [4.69, 9.17) is 4.98 Å². The van der Waals surface area contributed by atoms with Crippen LogP contribution >= 0.6 is 11.8 Å². The number of carbonyl (C=O) groups excluding carboxylic acids is 1. The summed E-state index contributed by atoms with van der Waals surface area (Å²) in [7, 11) is 1.84. The minimum atomic E-state index is -0.172. The third-order valence-electron chi connectivity index (χ3n) is 4.09. The third-order valence-corrected chi connectivity index (χ3v) is 4.98. The molecule has 1 aromatic carbocycles. The second-order valence-corrected chi connectivity index (χ2v) is 6.90. The number of aryl methyl sites for hydroxylation is 2. The van der Waals surface area contributed by atoms with E-state index >= 15 is 0 Å². The van der Waals surface area contributed by atoms with Crippen LogP contribution < -0.4 is 5.32 Å². The maximum atomic E-state index is 12.9. The number of hydrogen-bond acceptors (Lipinski definition) is 5. The standard InChI is InChI=1S/C18H17N5OS/c1-11-15-13(17(24)21-18-19-8-9-25-18)10-14(12-6-4-3-5-7-12)20-16(15)23(2)22-11/h3-7,10H,8-9H2,1-2H3,(H,19,21,24). The number of thioether (sulfide) groups is 1. The highest BCUT2D eigenvalue weighted by molar-refractivity contribution is 8.14. The Morgan fingerprint density at radius 1 is 1.28 bits per heavy atom. The van der Waals surface area contributed by atoms with Gasteiger partial charge in [0.1, 0.15) is 0 Å². The molecule has 1 aliphatic heterocycles. The predicted octanol–water partition coefficient (Wildman–Crippen LogP) is 2.78. The molecule has 4 rings (SSSR count). The van der Waals surface area contributed by atoms with Crippen LogP contribution in [0.1, 0.15) is 16.1 Å². The molecule has 1 amide bonds. The fourth-order valence-electron chi connectivity index (χ4n) is 2.96. The Kier molecular flexibility index (Phi) is 4.01. The largest absolute Gasteiger partial charge is 0.301 e. The number of aliphatic imine (C=N–C) groups is 1. The molecule has 2 aromatic heterocycles. The summed E-state index contributed by atoms with van der Waals surface area (Å²) >= 11 is 1.56. The van der Waals surface area contributed by atoms with Crippen molar-refractivity contribution in [1.29, 1.82) is 0 Å². The van der Waals surface area contributed by atoms with Crippen LogP contribution in [0, 0.1) is 6.92 Å². The van der Waals surface area contributed by atoms with Gasteiger partial charge in [0.05, 0.1) is 28.9 Å². The topological polar surface area (TPSA) is 72.2 Å². The van der Waals surface area contributed by atoms with Crippen molar-refractivity contribution in [2.24, 2.45) is 12.0 Å². The Morgan fingerprint density at radius 2 is 2.08 bits per heavy atom. The molecule has 0 bridgehead atoms. The van der Waals surface area contributed by atoms with Gasteiger partial charge in [-0.15, -0.1) is 0 Å². The zero-order valence-electron chi connectivity index (χ0n) is 14.0. The first kappa shape index (κ1) is 15.8. The summed E-state index contributed by atoms with van der Waals surface area (Å²) in [5.74, 6) is 0.733. The van der Waals surface area contributed by atoms with E-state index in [2.05, 4.69) is 15.4 Å². The van der Waals surface area contributed by atoms with Crippen LogP contribution in [0.25, 0.3) is 22.3 Å². The smallest absolute Gasteiger partial charge is 0.258 e. The van der Waals surface area contributed by atoms with Crippen molar-refractivity contribution in [2.75, 3.05) is 12.3 Å². The van der Waals surface area contributed by atoms with E-state index in [1.807, 2.05) is 50.4 Å². The second kappa shape index (κ2) is 6.33. The van der Waals surface area contributed by atoms with Gasteiger partial charge in [-0.2, -0.15) is 5.10 Å². The molecule has 126 valence electrons. The van der Waals surface area contributed by atoms with Gasteiger partial charge in [0.15, 0.2) is 10.8 Å². The Balaban J connectivity index is 1.87. The van der Waals surface area contributed by atoms with Crippen molar-refractivity contribution in [3.63, 3.8) is 0 Å². The van der Waals surface area contributed by atoms with Gasteiger partial charge in [-0.3, -0.25) is 14.5 Å². The van der Waals surface area contributed by atoms with Crippen LogP contribution in [0.3, 0.4) is 0 Å². The SMILES string of the molecule is Cc1nn(C)c2nc(-c3ccccc3)cc(C(=O)NC3=NCCS3)c12. The fourth-order valence-corrected chi connectivity index (χ4v) is 3.68. The van der Waals surface area contributed by atoms with Crippen LogP contribution in [-0.4, -0.2) is 38.1 Å². The molecular formula is C18H17N5OS. The minimum absolute atomic E-state index is 0.172. The molecule has 0 atom stereocenters. The van der Waals surface area contributed by atoms with Gasteiger partial charge in [-0.05, 0) is 13.0 Å². The Morgan fingerprint density at radius 3 is 2.80 bits per heavy atom. The lowest BCUT2D eigenvalue weighted by molar-refractivity contribution is 0.0979. The van der Waals surface area contributed by atoms with Crippen molar-refractivity contribution in [1.82, 2.24) is 20.1 Å². The van der Waals surface area contributed by atoms with Crippen LogP contribution in [0.15, 0.2) is 41.4 Å². The van der Waals surface area contributed by atoms with Crippen molar-refractivity contribution in [2.45, 2.75) is 6.92 Å². The van der Waals surface area contributed by atoms with Gasteiger partial charge in [-0.1, -0.05) is 42.1 Å². The summed E-state index contributed by atoms with van der Waals surface area (Å²) in [6.45, 7) is 2.64. The predicted molar refractivity (Wildman–Crippen MR) is 101 cm³/mol. The number of rotatable bonds is 2. The molecule has 3 aromatic rings. The highest BCUT2D eigenvalue weighted by Crippen LogP contribution is 2.27.